The van der Waals surface area contributed by atoms with Gasteiger partial charge in [-0.25, -0.2) is 0 Å². The second kappa shape index (κ2) is 78.9. The Hall–Kier alpha value is -5.61. The van der Waals surface area contributed by atoms with Crippen LogP contribution in [0.25, 0.3) is 0 Å². The molecule has 0 saturated heterocycles. The summed E-state index contributed by atoms with van der Waals surface area (Å²) in [6.45, 7) is 27.6. The van der Waals surface area contributed by atoms with Gasteiger partial charge >= 0.3 is 0 Å². The molecule has 0 fully saturated rings. The molecule has 0 amide bonds. The molecule has 1 aromatic heterocycles. The van der Waals surface area contributed by atoms with Crippen LogP contribution in [0.4, 0.5) is 34.9 Å². The summed E-state index contributed by atoms with van der Waals surface area (Å²) < 4.78 is 109. The van der Waals surface area contributed by atoms with E-state index in [4.69, 9.17) is 100 Å². The van der Waals surface area contributed by atoms with E-state index < -0.39 is 0 Å². The van der Waals surface area contributed by atoms with Gasteiger partial charge in [0.2, 0.25) is 17.8 Å². The summed E-state index contributed by atoms with van der Waals surface area (Å²) >= 11 is 0. The fourth-order valence-corrected chi connectivity index (χ4v) is 12.5. The fourth-order valence-electron chi connectivity index (χ4n) is 12.5. The SMILES string of the molecule is CCCCCCCCOCCOCCOc1ccc(Nc2nc(Nc3ccc(OCCOCCOCCCCCCCC)c(OCCOCCOCCCCCCCC)c3)nc(Nc3ccc(OCCOCCOCCCCCCCC)c(OCCOCCOCCCCCCCC)c3)n2)cc1OCCOCCOCCCCCCCC. The number of aromatic nitrogens is 3. The van der Waals surface area contributed by atoms with Crippen LogP contribution in [0.1, 0.15) is 273 Å². The van der Waals surface area contributed by atoms with E-state index in [0.717, 1.165) is 78.2 Å². The lowest BCUT2D eigenvalue weighted by molar-refractivity contribution is 0.0320. The van der Waals surface area contributed by atoms with Gasteiger partial charge in [0.25, 0.3) is 0 Å². The lowest BCUT2D eigenvalue weighted by atomic mass is 10.1. The predicted octanol–water partition coefficient (Wildman–Crippen LogP) is 21.7. The summed E-state index contributed by atoms with van der Waals surface area (Å²) in [6, 6.07) is 16.8. The molecule has 24 nitrogen and oxygen atoms in total. The van der Waals surface area contributed by atoms with E-state index >= 15 is 0 Å². The summed E-state index contributed by atoms with van der Waals surface area (Å²) in [4.78, 5) is 14.9. The second-order valence-electron chi connectivity index (χ2n) is 29.7. The summed E-state index contributed by atoms with van der Waals surface area (Å²) in [7, 11) is 0. The van der Waals surface area contributed by atoms with Gasteiger partial charge in [-0.1, -0.05) is 234 Å². The average Bonchev–Trinajstić information content (AvgIpc) is 0.819. The van der Waals surface area contributed by atoms with Crippen molar-refractivity contribution in [1.82, 2.24) is 15.0 Å². The lowest BCUT2D eigenvalue weighted by Gasteiger charge is -2.17. The molecule has 672 valence electrons. The second-order valence-corrected chi connectivity index (χ2v) is 29.7. The summed E-state index contributed by atoms with van der Waals surface area (Å²) in [5, 5.41) is 10.3. The van der Waals surface area contributed by atoms with Crippen LogP contribution in [-0.4, -0.2) is 213 Å². The van der Waals surface area contributed by atoms with Crippen molar-refractivity contribution >= 4 is 34.9 Å². The van der Waals surface area contributed by atoms with Crippen molar-refractivity contribution in [2.45, 2.75) is 273 Å². The molecule has 0 aliphatic heterocycles. The number of anilines is 6. The predicted molar refractivity (Wildman–Crippen MR) is 472 cm³/mol. The zero-order chi connectivity index (χ0) is 82.9. The van der Waals surface area contributed by atoms with Gasteiger partial charge in [0.05, 0.1) is 119 Å². The molecule has 117 heavy (non-hydrogen) atoms. The first-order valence-electron chi connectivity index (χ1n) is 46.2. The van der Waals surface area contributed by atoms with Crippen molar-refractivity contribution in [1.29, 1.82) is 0 Å². The first-order valence-corrected chi connectivity index (χ1v) is 46.2. The number of nitrogens with zero attached hydrogens (tertiary/aromatic N) is 3. The highest BCUT2D eigenvalue weighted by Crippen LogP contribution is 2.36. The third kappa shape index (κ3) is 59.7. The van der Waals surface area contributed by atoms with Crippen LogP contribution in [0.3, 0.4) is 0 Å². The Kier molecular flexibility index (Phi) is 70.0. The molecule has 0 atom stereocenters. The van der Waals surface area contributed by atoms with Gasteiger partial charge < -0.3 is 101 Å². The number of benzene rings is 3. The standard InChI is InChI=1S/C93H162N6O18/c1-7-13-19-25-31-37-49-100-55-61-106-67-73-112-85-46-43-82(79-88(85)115-76-70-109-64-58-103-52-40-34-28-22-16-10-4)94-91-97-92(95-83-44-47-86(113-74-68-107-62-56-101-50-38-32-26-20-14-8-2)89(80-83)116-77-71-110-65-59-104-53-41-35-29-23-17-11-5)99-93(98-91)96-84-45-48-87(114-75-69-108-63-57-102-51-39-33-27-21-15-9-3)90(81-84)117-78-72-111-66-60-105-54-42-36-30-24-18-12-6/h43-48,79-81H,7-42,49-78H2,1-6H3,(H3,94,95,96,97,98,99). The molecule has 0 bridgehead atoms. The average molecular weight is 1650 g/mol. The number of hydrogen-bond acceptors (Lipinski definition) is 24. The third-order valence-corrected chi connectivity index (χ3v) is 19.2. The molecule has 3 aromatic carbocycles. The highest BCUT2D eigenvalue weighted by molar-refractivity contribution is 5.66. The summed E-state index contributed by atoms with van der Waals surface area (Å²) in [6.07, 6.45) is 43.8. The maximum atomic E-state index is 6.45. The van der Waals surface area contributed by atoms with Crippen molar-refractivity contribution in [2.75, 3.05) is 214 Å². The van der Waals surface area contributed by atoms with E-state index in [1.807, 2.05) is 54.6 Å². The van der Waals surface area contributed by atoms with Crippen molar-refractivity contribution < 1.29 is 85.3 Å². The molecule has 1 heterocycles. The van der Waals surface area contributed by atoms with Gasteiger partial charge in [-0.3, -0.25) is 0 Å². The van der Waals surface area contributed by atoms with Crippen molar-refractivity contribution in [3.63, 3.8) is 0 Å². The zero-order valence-electron chi connectivity index (χ0n) is 74.1. The van der Waals surface area contributed by atoms with Gasteiger partial charge in [-0.2, -0.15) is 15.0 Å². The van der Waals surface area contributed by atoms with E-state index in [2.05, 4.69) is 57.5 Å². The van der Waals surface area contributed by atoms with Crippen LogP contribution >= 0.6 is 0 Å². The lowest BCUT2D eigenvalue weighted by Crippen LogP contribution is -2.14. The number of unbranched alkanes of at least 4 members (excludes halogenated alkanes) is 30. The smallest absolute Gasteiger partial charge is 0.233 e. The Morgan fingerprint density at radius 3 is 0.513 bits per heavy atom. The number of ether oxygens (including phenoxy) is 18. The molecule has 4 rings (SSSR count). The molecule has 4 aromatic rings. The molecule has 0 spiro atoms. The number of nitrogens with one attached hydrogen (secondary N) is 3. The quantitative estimate of drug-likeness (QED) is 0.0348. The normalized spacial score (nSPS) is 11.4. The van der Waals surface area contributed by atoms with E-state index in [9.17, 15) is 0 Å². The topological polar surface area (TPSA) is 241 Å². The first kappa shape index (κ1) is 104. The number of hydrogen-bond donors (Lipinski definition) is 3. The third-order valence-electron chi connectivity index (χ3n) is 19.2. The van der Waals surface area contributed by atoms with Gasteiger partial charge in [0.1, 0.15) is 39.6 Å². The molecule has 24 heteroatoms. The monoisotopic (exact) mass is 1650 g/mol. The Morgan fingerprint density at radius 2 is 0.325 bits per heavy atom. The van der Waals surface area contributed by atoms with E-state index in [-0.39, 0.29) is 37.7 Å². The maximum absolute atomic E-state index is 6.45. The van der Waals surface area contributed by atoms with Gasteiger partial charge in [0.15, 0.2) is 34.5 Å². The molecule has 3 N–H and O–H groups in total. The fraction of sp³-hybridized carbons (Fsp3) is 0.774. The van der Waals surface area contributed by atoms with Crippen LogP contribution < -0.4 is 44.4 Å². The van der Waals surface area contributed by atoms with Gasteiger partial charge in [-0.05, 0) is 74.9 Å². The highest BCUT2D eigenvalue weighted by Gasteiger charge is 2.17. The van der Waals surface area contributed by atoms with Crippen molar-refractivity contribution in [3.05, 3.63) is 54.6 Å². The van der Waals surface area contributed by atoms with Crippen LogP contribution in [0.2, 0.25) is 0 Å². The van der Waals surface area contributed by atoms with E-state index in [1.165, 1.54) is 193 Å². The molecular weight excluding hydrogens is 1490 g/mol. The van der Waals surface area contributed by atoms with E-state index in [1.54, 1.807) is 0 Å². The maximum Gasteiger partial charge on any atom is 0.233 e. The van der Waals surface area contributed by atoms with Crippen LogP contribution in [0, 0.1) is 0 Å². The van der Waals surface area contributed by atoms with Crippen LogP contribution in [0.5, 0.6) is 34.5 Å². The van der Waals surface area contributed by atoms with Crippen molar-refractivity contribution in [2.24, 2.45) is 0 Å². The first-order chi connectivity index (χ1) is 58.0. The zero-order valence-corrected chi connectivity index (χ0v) is 74.1. The minimum Gasteiger partial charge on any atom is -0.487 e. The summed E-state index contributed by atoms with van der Waals surface area (Å²) in [5.74, 6) is 3.70. The Balaban J connectivity index is 1.62. The van der Waals surface area contributed by atoms with Gasteiger partial charge in [0, 0.05) is 74.9 Å². The Morgan fingerprint density at radius 1 is 0.171 bits per heavy atom. The van der Waals surface area contributed by atoms with Crippen molar-refractivity contribution in [3.8, 4) is 34.5 Å². The van der Waals surface area contributed by atoms with E-state index in [0.29, 0.717) is 190 Å². The molecule has 0 unspecified atom stereocenters. The molecular formula is C93H162N6O18. The molecule has 0 radical (unpaired) electrons. The van der Waals surface area contributed by atoms with Gasteiger partial charge in [-0.15, -0.1) is 0 Å². The highest BCUT2D eigenvalue weighted by atomic mass is 16.6. The van der Waals surface area contributed by atoms with Crippen LogP contribution in [-0.2, 0) is 56.8 Å². The molecule has 0 saturated carbocycles. The molecule has 0 aliphatic rings. The number of rotatable bonds is 90. The largest absolute Gasteiger partial charge is 0.487 e. The minimum absolute atomic E-state index is 0.209. The molecule has 0 aliphatic carbocycles. The Bertz CT molecular complexity index is 2530. The Labute approximate surface area is 707 Å². The van der Waals surface area contributed by atoms with Crippen LogP contribution in [0.15, 0.2) is 54.6 Å². The summed E-state index contributed by atoms with van der Waals surface area (Å²) in [5.41, 5.74) is 1.85. The minimum atomic E-state index is 0.209.